The van der Waals surface area contributed by atoms with Crippen molar-refractivity contribution >= 4 is 15.9 Å². The second-order valence-electron chi connectivity index (χ2n) is 5.68. The van der Waals surface area contributed by atoms with Crippen molar-refractivity contribution in [3.05, 3.63) is 15.9 Å². The number of halogens is 1. The van der Waals surface area contributed by atoms with Crippen LogP contribution in [0, 0.1) is 12.8 Å². The molecule has 1 aromatic rings. The number of aromatic nitrogens is 2. The van der Waals surface area contributed by atoms with Crippen LogP contribution in [0.5, 0.6) is 0 Å². The van der Waals surface area contributed by atoms with Crippen molar-refractivity contribution in [2.24, 2.45) is 13.0 Å². The fourth-order valence-corrected chi connectivity index (χ4v) is 3.46. The van der Waals surface area contributed by atoms with Crippen LogP contribution in [-0.2, 0) is 18.2 Å². The number of nitrogens with one attached hydrogen (secondary N) is 1. The smallest absolute Gasteiger partial charge is 0.0738 e. The molecular formula is C15H26BrN3O. The Balaban J connectivity index is 2.09. The van der Waals surface area contributed by atoms with Gasteiger partial charge in [-0.1, -0.05) is 6.92 Å². The Labute approximate surface area is 130 Å². The van der Waals surface area contributed by atoms with Gasteiger partial charge in [0, 0.05) is 32.7 Å². The molecule has 1 unspecified atom stereocenters. The molecule has 1 N–H and O–H groups in total. The summed E-state index contributed by atoms with van der Waals surface area (Å²) in [6.45, 7) is 7.16. The zero-order valence-electron chi connectivity index (χ0n) is 12.8. The molecule has 2 heterocycles. The predicted molar refractivity (Wildman–Crippen MR) is 85.0 cm³/mol. The Morgan fingerprint density at radius 1 is 1.45 bits per heavy atom. The summed E-state index contributed by atoms with van der Waals surface area (Å²) in [5.41, 5.74) is 2.37. The van der Waals surface area contributed by atoms with Crippen LogP contribution in [0.25, 0.3) is 0 Å². The molecule has 1 atom stereocenters. The molecular weight excluding hydrogens is 318 g/mol. The van der Waals surface area contributed by atoms with E-state index in [4.69, 9.17) is 4.74 Å². The molecule has 0 amide bonds. The highest BCUT2D eigenvalue weighted by atomic mass is 79.9. The summed E-state index contributed by atoms with van der Waals surface area (Å²) in [7, 11) is 2.04. The van der Waals surface area contributed by atoms with Crippen LogP contribution in [0.4, 0.5) is 0 Å². The molecule has 1 saturated heterocycles. The van der Waals surface area contributed by atoms with E-state index in [9.17, 15) is 0 Å². The first-order valence-electron chi connectivity index (χ1n) is 7.62. The van der Waals surface area contributed by atoms with E-state index in [0.29, 0.717) is 12.0 Å². The molecule has 1 aliphatic rings. The molecule has 0 aromatic carbocycles. The second kappa shape index (κ2) is 7.57. The minimum Gasteiger partial charge on any atom is -0.381 e. The van der Waals surface area contributed by atoms with Crippen molar-refractivity contribution in [2.45, 2.75) is 45.6 Å². The number of ether oxygens (including phenoxy) is 1. The zero-order valence-corrected chi connectivity index (χ0v) is 14.4. The number of rotatable bonds is 6. The first-order chi connectivity index (χ1) is 9.63. The summed E-state index contributed by atoms with van der Waals surface area (Å²) in [6.07, 6.45) is 4.53. The lowest BCUT2D eigenvalue weighted by atomic mass is 9.88. The van der Waals surface area contributed by atoms with Gasteiger partial charge in [-0.2, -0.15) is 5.10 Å². The highest BCUT2D eigenvalue weighted by Crippen LogP contribution is 2.26. The van der Waals surface area contributed by atoms with Gasteiger partial charge in [0.05, 0.1) is 15.9 Å². The molecule has 5 heteroatoms. The third-order valence-corrected chi connectivity index (χ3v) is 5.20. The van der Waals surface area contributed by atoms with Crippen LogP contribution >= 0.6 is 15.9 Å². The third-order valence-electron chi connectivity index (χ3n) is 4.17. The van der Waals surface area contributed by atoms with Gasteiger partial charge in [-0.3, -0.25) is 4.68 Å². The third kappa shape index (κ3) is 3.83. The summed E-state index contributed by atoms with van der Waals surface area (Å²) in [4.78, 5) is 0. The number of aryl methyl sites for hydroxylation is 2. The summed E-state index contributed by atoms with van der Waals surface area (Å²) in [5, 5.41) is 8.24. The van der Waals surface area contributed by atoms with Crippen LogP contribution in [0.15, 0.2) is 4.47 Å². The van der Waals surface area contributed by atoms with E-state index >= 15 is 0 Å². The molecule has 1 aliphatic heterocycles. The highest BCUT2D eigenvalue weighted by Gasteiger charge is 2.26. The first-order valence-corrected chi connectivity index (χ1v) is 8.41. The fraction of sp³-hybridized carbons (Fsp3) is 0.800. The van der Waals surface area contributed by atoms with Gasteiger partial charge in [0.1, 0.15) is 0 Å². The lowest BCUT2D eigenvalue weighted by Crippen LogP contribution is -2.41. The Bertz CT molecular complexity index is 427. The summed E-state index contributed by atoms with van der Waals surface area (Å²) < 4.78 is 8.68. The first kappa shape index (κ1) is 16.0. The van der Waals surface area contributed by atoms with E-state index < -0.39 is 0 Å². The average Bonchev–Trinajstić information content (AvgIpc) is 2.70. The van der Waals surface area contributed by atoms with E-state index in [0.717, 1.165) is 49.2 Å². The molecule has 1 fully saturated rings. The van der Waals surface area contributed by atoms with Gasteiger partial charge in [-0.25, -0.2) is 0 Å². The van der Waals surface area contributed by atoms with Gasteiger partial charge in [0.2, 0.25) is 0 Å². The van der Waals surface area contributed by atoms with Crippen LogP contribution in [-0.4, -0.2) is 35.6 Å². The quantitative estimate of drug-likeness (QED) is 0.863. The standard InChI is InChI=1S/C15H26BrN3O/c1-4-7-17-13(12-5-8-20-9-6-12)10-14-15(16)11(2)18-19(14)3/h12-13,17H,4-10H2,1-3H3. The lowest BCUT2D eigenvalue weighted by molar-refractivity contribution is 0.0535. The fourth-order valence-electron chi connectivity index (χ4n) is 2.96. The Kier molecular flexibility index (Phi) is 6.05. The molecule has 1 aromatic heterocycles. The Morgan fingerprint density at radius 3 is 2.70 bits per heavy atom. The van der Waals surface area contributed by atoms with Crippen molar-refractivity contribution in [1.82, 2.24) is 15.1 Å². The number of hydrogen-bond acceptors (Lipinski definition) is 3. The van der Waals surface area contributed by atoms with Crippen molar-refractivity contribution in [2.75, 3.05) is 19.8 Å². The molecule has 20 heavy (non-hydrogen) atoms. The summed E-state index contributed by atoms with van der Waals surface area (Å²) >= 11 is 3.69. The van der Waals surface area contributed by atoms with Gasteiger partial charge < -0.3 is 10.1 Å². The molecule has 0 spiro atoms. The van der Waals surface area contributed by atoms with E-state index in [1.54, 1.807) is 0 Å². The monoisotopic (exact) mass is 343 g/mol. The number of hydrogen-bond donors (Lipinski definition) is 1. The van der Waals surface area contributed by atoms with Gasteiger partial charge in [0.25, 0.3) is 0 Å². The SMILES string of the molecule is CCCNC(Cc1c(Br)c(C)nn1C)C1CCOCC1. The van der Waals surface area contributed by atoms with Gasteiger partial charge in [-0.15, -0.1) is 0 Å². The topological polar surface area (TPSA) is 39.1 Å². The zero-order chi connectivity index (χ0) is 14.5. The van der Waals surface area contributed by atoms with E-state index in [1.165, 1.54) is 12.1 Å². The van der Waals surface area contributed by atoms with Gasteiger partial charge in [0.15, 0.2) is 0 Å². The highest BCUT2D eigenvalue weighted by molar-refractivity contribution is 9.10. The van der Waals surface area contributed by atoms with Gasteiger partial charge >= 0.3 is 0 Å². The van der Waals surface area contributed by atoms with E-state index in [-0.39, 0.29) is 0 Å². The van der Waals surface area contributed by atoms with Gasteiger partial charge in [-0.05, 0) is 54.6 Å². The second-order valence-corrected chi connectivity index (χ2v) is 6.48. The van der Waals surface area contributed by atoms with Crippen molar-refractivity contribution in [1.29, 1.82) is 0 Å². The minimum atomic E-state index is 0.518. The maximum atomic E-state index is 5.50. The maximum absolute atomic E-state index is 5.50. The largest absolute Gasteiger partial charge is 0.381 e. The van der Waals surface area contributed by atoms with E-state index in [1.807, 2.05) is 11.7 Å². The Hall–Kier alpha value is -0.390. The summed E-state index contributed by atoms with van der Waals surface area (Å²) in [6, 6.07) is 0.518. The van der Waals surface area contributed by atoms with Crippen LogP contribution < -0.4 is 5.32 Å². The van der Waals surface area contributed by atoms with Crippen LogP contribution in [0.1, 0.15) is 37.6 Å². The summed E-state index contributed by atoms with van der Waals surface area (Å²) in [5.74, 6) is 0.706. The predicted octanol–water partition coefficient (Wildman–Crippen LogP) is 2.83. The normalized spacial score (nSPS) is 18.4. The van der Waals surface area contributed by atoms with Crippen molar-refractivity contribution in [3.8, 4) is 0 Å². The molecule has 0 saturated carbocycles. The number of nitrogens with zero attached hydrogens (tertiary/aromatic N) is 2. The van der Waals surface area contributed by atoms with Crippen molar-refractivity contribution in [3.63, 3.8) is 0 Å². The lowest BCUT2D eigenvalue weighted by Gasteiger charge is -2.31. The molecule has 0 aliphatic carbocycles. The van der Waals surface area contributed by atoms with Crippen LogP contribution in [0.2, 0.25) is 0 Å². The molecule has 114 valence electrons. The maximum Gasteiger partial charge on any atom is 0.0738 e. The molecule has 4 nitrogen and oxygen atoms in total. The van der Waals surface area contributed by atoms with E-state index in [2.05, 4.69) is 40.2 Å². The van der Waals surface area contributed by atoms with Crippen LogP contribution in [0.3, 0.4) is 0 Å². The molecule has 2 rings (SSSR count). The van der Waals surface area contributed by atoms with Crippen molar-refractivity contribution < 1.29 is 4.74 Å². The Morgan fingerprint density at radius 2 is 2.15 bits per heavy atom. The molecule has 0 radical (unpaired) electrons. The molecule has 0 bridgehead atoms. The average molecular weight is 344 g/mol. The minimum absolute atomic E-state index is 0.518.